The molecule has 1 aromatic carbocycles. The fraction of sp³-hybridized carbons (Fsp3) is 0.625. The Bertz CT molecular complexity index is 511. The Hall–Kier alpha value is -0.480. The van der Waals surface area contributed by atoms with Crippen molar-refractivity contribution in [1.82, 2.24) is 10.2 Å². The molecular weight excluding hydrogens is 307 g/mol. The molecule has 0 radical (unpaired) electrons. The minimum atomic E-state index is 0.163. The van der Waals surface area contributed by atoms with Crippen molar-refractivity contribution < 1.29 is 5.11 Å². The zero-order valence-corrected chi connectivity index (χ0v) is 13.8. The smallest absolute Gasteiger partial charge is 0.138 e. The number of phenols is 1. The van der Waals surface area contributed by atoms with Gasteiger partial charge in [0, 0.05) is 35.3 Å². The molecule has 21 heavy (non-hydrogen) atoms. The maximum atomic E-state index is 10.2. The summed E-state index contributed by atoms with van der Waals surface area (Å²) in [6, 6.07) is 5.31. The van der Waals surface area contributed by atoms with Crippen LogP contribution in [0, 0.1) is 0 Å². The Kier molecular flexibility index (Phi) is 4.65. The van der Waals surface area contributed by atoms with E-state index >= 15 is 0 Å². The normalized spacial score (nSPS) is 28.3. The predicted octanol–water partition coefficient (Wildman–Crippen LogP) is 3.80. The molecule has 2 saturated heterocycles. The first-order valence-corrected chi connectivity index (χ1v) is 8.49. The largest absolute Gasteiger partial charge is 0.506 e. The molecule has 2 aliphatic heterocycles. The monoisotopic (exact) mass is 328 g/mol. The summed E-state index contributed by atoms with van der Waals surface area (Å²) in [4.78, 5) is 2.44. The van der Waals surface area contributed by atoms with Crippen LogP contribution in [0.25, 0.3) is 0 Å². The molecule has 2 bridgehead atoms. The third-order valence-corrected chi connectivity index (χ3v) is 5.36. The van der Waals surface area contributed by atoms with Crippen LogP contribution in [0.5, 0.6) is 5.75 Å². The van der Waals surface area contributed by atoms with Crippen molar-refractivity contribution in [2.24, 2.45) is 0 Å². The second-order valence-corrected chi connectivity index (χ2v) is 7.07. The lowest BCUT2D eigenvalue weighted by Crippen LogP contribution is -2.47. The number of fused-ring (bicyclic) bond motifs is 2. The first kappa shape index (κ1) is 15.4. The molecule has 2 fully saturated rings. The van der Waals surface area contributed by atoms with E-state index in [0.29, 0.717) is 34.7 Å². The van der Waals surface area contributed by atoms with Crippen LogP contribution in [0.3, 0.4) is 0 Å². The third-order valence-electron chi connectivity index (χ3n) is 4.85. The van der Waals surface area contributed by atoms with Crippen molar-refractivity contribution in [3.8, 4) is 5.75 Å². The van der Waals surface area contributed by atoms with E-state index in [9.17, 15) is 5.11 Å². The minimum Gasteiger partial charge on any atom is -0.506 e. The van der Waals surface area contributed by atoms with Gasteiger partial charge in [0.2, 0.25) is 0 Å². The maximum Gasteiger partial charge on any atom is 0.138 e. The molecule has 3 rings (SSSR count). The molecule has 2 atom stereocenters. The van der Waals surface area contributed by atoms with Crippen LogP contribution in [0.2, 0.25) is 10.0 Å². The first-order valence-electron chi connectivity index (χ1n) is 7.73. The molecule has 0 amide bonds. The number of piperidine rings is 1. The summed E-state index contributed by atoms with van der Waals surface area (Å²) in [6.45, 7) is 3.84. The second kappa shape index (κ2) is 6.33. The van der Waals surface area contributed by atoms with Gasteiger partial charge in [-0.05, 0) is 44.4 Å². The van der Waals surface area contributed by atoms with E-state index in [-0.39, 0.29) is 5.75 Å². The quantitative estimate of drug-likeness (QED) is 0.882. The van der Waals surface area contributed by atoms with Crippen LogP contribution in [0.4, 0.5) is 0 Å². The van der Waals surface area contributed by atoms with Gasteiger partial charge in [0.05, 0.1) is 5.02 Å². The summed E-state index contributed by atoms with van der Waals surface area (Å²) in [7, 11) is 0. The van der Waals surface area contributed by atoms with E-state index in [0.717, 1.165) is 12.1 Å². The number of phenolic OH excluding ortho intramolecular Hbond substituents is 1. The lowest BCUT2D eigenvalue weighted by Gasteiger charge is -2.37. The predicted molar refractivity (Wildman–Crippen MR) is 87.2 cm³/mol. The number of nitrogens with zero attached hydrogens (tertiary/aromatic N) is 1. The lowest BCUT2D eigenvalue weighted by molar-refractivity contribution is 0.139. The Morgan fingerprint density at radius 1 is 1.24 bits per heavy atom. The highest BCUT2D eigenvalue weighted by Gasteiger charge is 2.35. The molecule has 1 aromatic rings. The van der Waals surface area contributed by atoms with Crippen molar-refractivity contribution in [2.75, 3.05) is 6.54 Å². The van der Waals surface area contributed by atoms with Crippen LogP contribution >= 0.6 is 23.2 Å². The van der Waals surface area contributed by atoms with Gasteiger partial charge in [-0.1, -0.05) is 30.1 Å². The molecule has 0 aliphatic carbocycles. The van der Waals surface area contributed by atoms with Crippen LogP contribution in [-0.2, 0) is 6.54 Å². The molecule has 2 unspecified atom stereocenters. The zero-order chi connectivity index (χ0) is 15.0. The molecule has 0 spiro atoms. The third kappa shape index (κ3) is 3.31. The van der Waals surface area contributed by atoms with Crippen LogP contribution in [-0.4, -0.2) is 34.7 Å². The SMILES string of the molecule is CCN(Cc1cc(Cl)cc(Cl)c1O)C1CC2CCC(C1)N2. The van der Waals surface area contributed by atoms with Gasteiger partial charge in [0.15, 0.2) is 0 Å². The zero-order valence-electron chi connectivity index (χ0n) is 12.3. The molecular formula is C16H22Cl2N2O. The van der Waals surface area contributed by atoms with Gasteiger partial charge in [0.25, 0.3) is 0 Å². The van der Waals surface area contributed by atoms with E-state index in [1.807, 2.05) is 6.07 Å². The van der Waals surface area contributed by atoms with E-state index in [2.05, 4.69) is 17.1 Å². The second-order valence-electron chi connectivity index (χ2n) is 6.22. The molecule has 3 nitrogen and oxygen atoms in total. The number of nitrogens with one attached hydrogen (secondary N) is 1. The van der Waals surface area contributed by atoms with Gasteiger partial charge in [-0.2, -0.15) is 0 Å². The Morgan fingerprint density at radius 3 is 2.52 bits per heavy atom. The van der Waals surface area contributed by atoms with Gasteiger partial charge >= 0.3 is 0 Å². The Labute approximate surface area is 136 Å². The summed E-state index contributed by atoms with van der Waals surface area (Å²) in [5, 5.41) is 14.7. The molecule has 2 heterocycles. The summed E-state index contributed by atoms with van der Waals surface area (Å²) < 4.78 is 0. The summed E-state index contributed by atoms with van der Waals surface area (Å²) in [5.41, 5.74) is 0.820. The van der Waals surface area contributed by atoms with Gasteiger partial charge < -0.3 is 10.4 Å². The number of hydrogen-bond donors (Lipinski definition) is 2. The molecule has 5 heteroatoms. The van der Waals surface area contributed by atoms with E-state index in [1.54, 1.807) is 6.07 Å². The highest BCUT2D eigenvalue weighted by molar-refractivity contribution is 6.35. The number of halogens is 2. The maximum absolute atomic E-state index is 10.2. The van der Waals surface area contributed by atoms with Crippen molar-refractivity contribution in [1.29, 1.82) is 0 Å². The van der Waals surface area contributed by atoms with Crippen molar-refractivity contribution in [3.05, 3.63) is 27.7 Å². The molecule has 0 aromatic heterocycles. The minimum absolute atomic E-state index is 0.163. The van der Waals surface area contributed by atoms with Gasteiger partial charge in [-0.25, -0.2) is 0 Å². The van der Waals surface area contributed by atoms with Crippen LogP contribution in [0.15, 0.2) is 12.1 Å². The average Bonchev–Trinajstić information content (AvgIpc) is 2.79. The molecule has 116 valence electrons. The van der Waals surface area contributed by atoms with Gasteiger partial charge in [0.1, 0.15) is 5.75 Å². The van der Waals surface area contributed by atoms with E-state index in [4.69, 9.17) is 23.2 Å². The van der Waals surface area contributed by atoms with Crippen LogP contribution in [0.1, 0.15) is 38.2 Å². The number of aromatic hydroxyl groups is 1. The molecule has 0 saturated carbocycles. The number of rotatable bonds is 4. The van der Waals surface area contributed by atoms with Crippen molar-refractivity contribution >= 4 is 23.2 Å². The van der Waals surface area contributed by atoms with Crippen molar-refractivity contribution in [2.45, 2.75) is 57.3 Å². The summed E-state index contributed by atoms with van der Waals surface area (Å²) in [6.07, 6.45) is 4.98. The van der Waals surface area contributed by atoms with Gasteiger partial charge in [-0.15, -0.1) is 0 Å². The van der Waals surface area contributed by atoms with E-state index < -0.39 is 0 Å². The topological polar surface area (TPSA) is 35.5 Å². The van der Waals surface area contributed by atoms with E-state index in [1.165, 1.54) is 25.7 Å². The lowest BCUT2D eigenvalue weighted by atomic mass is 9.97. The van der Waals surface area contributed by atoms with Crippen molar-refractivity contribution in [3.63, 3.8) is 0 Å². The average molecular weight is 329 g/mol. The highest BCUT2D eigenvalue weighted by atomic mass is 35.5. The first-order chi connectivity index (χ1) is 10.1. The Balaban J connectivity index is 1.75. The highest BCUT2D eigenvalue weighted by Crippen LogP contribution is 2.34. The van der Waals surface area contributed by atoms with Gasteiger partial charge in [-0.3, -0.25) is 4.90 Å². The van der Waals surface area contributed by atoms with Crippen LogP contribution < -0.4 is 5.32 Å². The fourth-order valence-electron chi connectivity index (χ4n) is 3.78. The molecule has 2 N–H and O–H groups in total. The summed E-state index contributed by atoms with van der Waals surface area (Å²) in [5.74, 6) is 0.163. The summed E-state index contributed by atoms with van der Waals surface area (Å²) >= 11 is 12.1. The number of hydrogen-bond acceptors (Lipinski definition) is 3. The molecule has 2 aliphatic rings. The fourth-order valence-corrected chi connectivity index (χ4v) is 4.32. The number of benzene rings is 1. The Morgan fingerprint density at radius 2 is 1.90 bits per heavy atom. The standard InChI is InChI=1S/C16H22Cl2N2O/c1-2-20(14-7-12-3-4-13(8-14)19-12)9-10-5-11(17)6-15(18)16(10)21/h5-6,12-14,19,21H,2-4,7-9H2,1H3.